The Balaban J connectivity index is 1.31. The molecule has 1 N–H and O–H groups in total. The van der Waals surface area contributed by atoms with Gasteiger partial charge in [-0.2, -0.15) is 4.98 Å². The van der Waals surface area contributed by atoms with E-state index in [0.717, 1.165) is 16.9 Å². The van der Waals surface area contributed by atoms with Crippen LogP contribution >= 0.6 is 35.1 Å². The lowest BCUT2D eigenvalue weighted by molar-refractivity contribution is 0.115. The molecular weight excluding hydrogens is 767 g/mol. The van der Waals surface area contributed by atoms with E-state index in [1.54, 1.807) is 43.7 Å². The molecule has 8 rings (SSSR count). The molecule has 0 fully saturated rings. The summed E-state index contributed by atoms with van der Waals surface area (Å²) in [5.74, 6) is 2.19. The first-order valence-corrected chi connectivity index (χ1v) is 19.1. The Morgan fingerprint density at radius 2 is 1.80 bits per heavy atom. The highest BCUT2D eigenvalue weighted by Gasteiger charge is 2.61. The number of aryl methyl sites for hydroxylation is 1. The lowest BCUT2D eigenvalue weighted by Gasteiger charge is -2.42. The SMILES string of the molecule is CCn1c(SC(c2cccc(Cl)c2)(c2noc(-c3cc(C)ccc3F)n2)C2(CSc3nnc(-c4ccc(OC)cc4)n3C)N=CON2)nnc1-c1ccco1. The number of rotatable bonds is 13. The smallest absolute Gasteiger partial charge is 0.260 e. The Hall–Kier alpha value is -5.49. The summed E-state index contributed by atoms with van der Waals surface area (Å²) in [7, 11) is 3.50. The molecule has 14 nitrogen and oxygen atoms in total. The number of halogens is 2. The number of hydroxylamine groups is 1. The van der Waals surface area contributed by atoms with Crippen LogP contribution in [0.4, 0.5) is 4.39 Å². The van der Waals surface area contributed by atoms with E-state index in [4.69, 9.17) is 40.1 Å². The van der Waals surface area contributed by atoms with Gasteiger partial charge < -0.3 is 23.1 Å². The third-order valence-electron chi connectivity index (χ3n) is 9.07. The third kappa shape index (κ3) is 6.56. The molecule has 1 aliphatic rings. The summed E-state index contributed by atoms with van der Waals surface area (Å²) in [5, 5.41) is 24.3. The van der Waals surface area contributed by atoms with Crippen molar-refractivity contribution in [3.05, 3.63) is 113 Å². The van der Waals surface area contributed by atoms with Crippen LogP contribution in [0.1, 0.15) is 23.9 Å². The third-order valence-corrected chi connectivity index (χ3v) is 12.0. The lowest BCUT2D eigenvalue weighted by atomic mass is 9.85. The zero-order chi connectivity index (χ0) is 38.2. The van der Waals surface area contributed by atoms with E-state index in [1.165, 1.54) is 36.0 Å². The van der Waals surface area contributed by atoms with Crippen LogP contribution in [-0.4, -0.2) is 64.6 Å². The highest BCUT2D eigenvalue weighted by Crippen LogP contribution is 2.56. The van der Waals surface area contributed by atoms with Crippen molar-refractivity contribution in [1.29, 1.82) is 0 Å². The number of hydrogen-bond acceptors (Lipinski definition) is 14. The summed E-state index contributed by atoms with van der Waals surface area (Å²) < 4.78 is 34.6. The molecule has 0 saturated carbocycles. The first-order valence-electron chi connectivity index (χ1n) is 16.9. The summed E-state index contributed by atoms with van der Waals surface area (Å²) in [6, 6.07) is 23.1. The number of aliphatic imine (C=N–C) groups is 1. The maximum atomic E-state index is 15.3. The number of methoxy groups -OCH3 is 1. The standard InChI is InChI=1S/C37H32ClFN10O4S2/c1-5-49-31(29-10-7-17-51-29)43-45-35(49)55-37(24-8-6-9-25(38)19-24,33-41-32(53-46-33)27-18-22(2)11-16-28(27)39)36(40-21-52-47-36)20-54-34-44-42-30(48(34)3)23-12-14-26(50-4)15-13-23/h6-19,21,47H,5,20H2,1-4H3. The molecule has 0 radical (unpaired) electrons. The van der Waals surface area contributed by atoms with Gasteiger partial charge in [0.15, 0.2) is 50.4 Å². The number of ether oxygens (including phenoxy) is 1. The van der Waals surface area contributed by atoms with E-state index in [-0.39, 0.29) is 23.0 Å². The van der Waals surface area contributed by atoms with E-state index < -0.39 is 16.2 Å². The molecule has 0 bridgehead atoms. The van der Waals surface area contributed by atoms with Gasteiger partial charge in [0.2, 0.25) is 0 Å². The van der Waals surface area contributed by atoms with Crippen LogP contribution in [0.2, 0.25) is 5.02 Å². The number of nitrogens with zero attached hydrogens (tertiary/aromatic N) is 9. The Morgan fingerprint density at radius 3 is 2.53 bits per heavy atom. The zero-order valence-electron chi connectivity index (χ0n) is 29.8. The Bertz CT molecular complexity index is 2490. The maximum absolute atomic E-state index is 15.3. The average molecular weight is 799 g/mol. The molecule has 280 valence electrons. The van der Waals surface area contributed by atoms with Crippen molar-refractivity contribution in [2.75, 3.05) is 12.9 Å². The van der Waals surface area contributed by atoms with E-state index in [2.05, 4.69) is 31.0 Å². The van der Waals surface area contributed by atoms with Crippen LogP contribution < -0.4 is 10.2 Å². The van der Waals surface area contributed by atoms with Crippen LogP contribution in [0, 0.1) is 12.7 Å². The normalized spacial score (nSPS) is 16.3. The van der Waals surface area contributed by atoms with E-state index in [1.807, 2.05) is 72.5 Å². The van der Waals surface area contributed by atoms with Gasteiger partial charge in [-0.05, 0) is 80.1 Å². The van der Waals surface area contributed by atoms with Gasteiger partial charge in [0.05, 0.1) is 18.9 Å². The van der Waals surface area contributed by atoms with Crippen molar-refractivity contribution in [3.63, 3.8) is 0 Å². The lowest BCUT2D eigenvalue weighted by Crippen LogP contribution is -2.58. The van der Waals surface area contributed by atoms with Crippen LogP contribution in [0.25, 0.3) is 34.4 Å². The molecule has 55 heavy (non-hydrogen) atoms. The predicted molar refractivity (Wildman–Crippen MR) is 205 cm³/mol. The Morgan fingerprint density at radius 1 is 0.982 bits per heavy atom. The van der Waals surface area contributed by atoms with Gasteiger partial charge >= 0.3 is 0 Å². The first kappa shape index (κ1) is 36.5. The van der Waals surface area contributed by atoms with Gasteiger partial charge in [-0.3, -0.25) is 4.57 Å². The van der Waals surface area contributed by atoms with E-state index in [9.17, 15) is 0 Å². The van der Waals surface area contributed by atoms with Crippen LogP contribution in [0.5, 0.6) is 5.75 Å². The average Bonchev–Trinajstić information content (AvgIpc) is 4.05. The fourth-order valence-corrected chi connectivity index (χ4v) is 9.09. The first-order chi connectivity index (χ1) is 26.7. The summed E-state index contributed by atoms with van der Waals surface area (Å²) >= 11 is 9.38. The minimum Gasteiger partial charge on any atom is -0.497 e. The van der Waals surface area contributed by atoms with Crippen LogP contribution in [-0.2, 0) is 23.2 Å². The summed E-state index contributed by atoms with van der Waals surface area (Å²) in [6.07, 6.45) is 2.89. The number of benzene rings is 3. The maximum Gasteiger partial charge on any atom is 0.260 e. The van der Waals surface area contributed by atoms with Crippen molar-refractivity contribution < 1.29 is 22.9 Å². The minimum absolute atomic E-state index is 0.0282. The second kappa shape index (κ2) is 15.0. The molecule has 5 heterocycles. The van der Waals surface area contributed by atoms with Crippen molar-refractivity contribution >= 4 is 41.5 Å². The molecular formula is C37H32ClFN10O4S2. The fraction of sp³-hybridized carbons (Fsp3) is 0.216. The summed E-state index contributed by atoms with van der Waals surface area (Å²) in [6.45, 7) is 4.31. The summed E-state index contributed by atoms with van der Waals surface area (Å²) in [4.78, 5) is 15.7. The molecule has 7 aromatic rings. The fourth-order valence-electron chi connectivity index (χ4n) is 6.30. The largest absolute Gasteiger partial charge is 0.497 e. The zero-order valence-corrected chi connectivity index (χ0v) is 32.2. The minimum atomic E-state index is -1.49. The molecule has 2 atom stereocenters. The second-order valence-electron chi connectivity index (χ2n) is 12.4. The molecule has 4 aromatic heterocycles. The van der Waals surface area contributed by atoms with Crippen LogP contribution in [0.15, 0.2) is 109 Å². The Labute approximate surface area is 327 Å². The van der Waals surface area contributed by atoms with Gasteiger partial charge in [-0.25, -0.2) is 9.38 Å². The molecule has 0 spiro atoms. The van der Waals surface area contributed by atoms with Crippen LogP contribution in [0.3, 0.4) is 0 Å². The molecule has 0 aliphatic carbocycles. The quantitative estimate of drug-likeness (QED) is 0.114. The molecule has 18 heteroatoms. The van der Waals surface area contributed by atoms with Crippen molar-refractivity contribution in [2.45, 2.75) is 41.1 Å². The van der Waals surface area contributed by atoms with Crippen molar-refractivity contribution in [3.8, 4) is 40.2 Å². The van der Waals surface area contributed by atoms with E-state index >= 15 is 4.39 Å². The van der Waals surface area contributed by atoms with Gasteiger partial charge in [-0.15, -0.1) is 25.9 Å². The number of nitrogens with one attached hydrogen (secondary N) is 1. The molecule has 2 unspecified atom stereocenters. The number of hydrogen-bond donors (Lipinski definition) is 1. The molecule has 0 amide bonds. The highest BCUT2D eigenvalue weighted by atomic mass is 35.5. The topological polar surface area (TPSA) is 156 Å². The highest BCUT2D eigenvalue weighted by molar-refractivity contribution is 8.01. The van der Waals surface area contributed by atoms with E-state index in [0.29, 0.717) is 44.9 Å². The number of furan rings is 1. The molecule has 1 aliphatic heterocycles. The number of aromatic nitrogens is 8. The van der Waals surface area contributed by atoms with Crippen molar-refractivity contribution in [2.24, 2.45) is 12.0 Å². The predicted octanol–water partition coefficient (Wildman–Crippen LogP) is 7.60. The second-order valence-corrected chi connectivity index (χ2v) is 15.0. The van der Waals surface area contributed by atoms with Gasteiger partial charge in [0.1, 0.15) is 11.6 Å². The Kier molecular flexibility index (Phi) is 9.93. The van der Waals surface area contributed by atoms with Gasteiger partial charge in [0.25, 0.3) is 5.89 Å². The van der Waals surface area contributed by atoms with Crippen molar-refractivity contribution in [1.82, 2.24) is 45.1 Å². The monoisotopic (exact) mass is 798 g/mol. The number of thioether (sulfide) groups is 2. The summed E-state index contributed by atoms with van der Waals surface area (Å²) in [5.41, 5.74) is 4.18. The van der Waals surface area contributed by atoms with Gasteiger partial charge in [-0.1, -0.05) is 64.0 Å². The van der Waals surface area contributed by atoms with Gasteiger partial charge in [0, 0.05) is 29.9 Å². The molecule has 0 saturated heterocycles. The molecule has 3 aromatic carbocycles.